The maximum Gasteiger partial charge on any atom is 0.414 e. The van der Waals surface area contributed by atoms with E-state index in [4.69, 9.17) is 24.5 Å². The van der Waals surface area contributed by atoms with E-state index in [-0.39, 0.29) is 5.78 Å². The molecule has 3 N–H and O–H groups in total. The number of Topliss-reactive ketones (excluding diaryl/α,β-unsaturated/α-hetero) is 1. The van der Waals surface area contributed by atoms with Crippen molar-refractivity contribution in [3.05, 3.63) is 29.8 Å². The van der Waals surface area contributed by atoms with Crippen LogP contribution in [0.4, 0.5) is 0 Å². The van der Waals surface area contributed by atoms with Gasteiger partial charge in [0.05, 0.1) is 12.2 Å². The fourth-order valence-corrected chi connectivity index (χ4v) is 2.86. The third kappa shape index (κ3) is 9.19. The van der Waals surface area contributed by atoms with Crippen molar-refractivity contribution in [3.63, 3.8) is 0 Å². The molecule has 1 aliphatic rings. The summed E-state index contributed by atoms with van der Waals surface area (Å²) in [7, 11) is 0. The normalized spacial score (nSPS) is 13.5. The van der Waals surface area contributed by atoms with Crippen LogP contribution >= 0.6 is 0 Å². The van der Waals surface area contributed by atoms with Crippen molar-refractivity contribution in [1.82, 2.24) is 5.32 Å². The summed E-state index contributed by atoms with van der Waals surface area (Å²) in [5.41, 5.74) is 0.712. The zero-order valence-corrected chi connectivity index (χ0v) is 15.8. The molecule has 0 unspecified atom stereocenters. The van der Waals surface area contributed by atoms with E-state index >= 15 is 0 Å². The molecule has 0 spiro atoms. The van der Waals surface area contributed by atoms with Crippen LogP contribution in [0.1, 0.15) is 62.2 Å². The third-order valence-electron chi connectivity index (χ3n) is 4.31. The summed E-state index contributed by atoms with van der Waals surface area (Å²) in [6.45, 7) is 3.64. The quantitative estimate of drug-likeness (QED) is 0.343. The number of carboxylic acid groups (broad SMARTS) is 2. The SMILES string of the molecule is CCC(=O)c1ccccc1OCCCCNC1CCCC1.O=C(O)C(=O)O. The molecule has 0 atom stereocenters. The number of unbranched alkanes of at least 4 members (excludes halogenated alkanes) is 1. The number of ketones is 1. The van der Waals surface area contributed by atoms with Crippen molar-refractivity contribution in [3.8, 4) is 5.75 Å². The highest BCUT2D eigenvalue weighted by Gasteiger charge is 2.13. The van der Waals surface area contributed by atoms with E-state index in [1.165, 1.54) is 25.7 Å². The largest absolute Gasteiger partial charge is 0.493 e. The monoisotopic (exact) mass is 379 g/mol. The van der Waals surface area contributed by atoms with Crippen LogP contribution in [0.15, 0.2) is 24.3 Å². The van der Waals surface area contributed by atoms with Gasteiger partial charge in [0.1, 0.15) is 5.75 Å². The molecule has 0 aliphatic heterocycles. The van der Waals surface area contributed by atoms with Crippen LogP contribution in [0.2, 0.25) is 0 Å². The smallest absolute Gasteiger partial charge is 0.414 e. The topological polar surface area (TPSA) is 113 Å². The van der Waals surface area contributed by atoms with Crippen molar-refractivity contribution in [1.29, 1.82) is 0 Å². The fourth-order valence-electron chi connectivity index (χ4n) is 2.86. The first-order valence-electron chi connectivity index (χ1n) is 9.40. The van der Waals surface area contributed by atoms with Gasteiger partial charge in [-0.2, -0.15) is 0 Å². The lowest BCUT2D eigenvalue weighted by atomic mass is 10.1. The number of nitrogens with one attached hydrogen (secondary N) is 1. The molecule has 0 heterocycles. The van der Waals surface area contributed by atoms with Crippen molar-refractivity contribution in [2.24, 2.45) is 0 Å². The number of para-hydroxylation sites is 1. The Bertz CT molecular complexity index is 598. The van der Waals surface area contributed by atoms with Gasteiger partial charge in [-0.25, -0.2) is 9.59 Å². The Morgan fingerprint density at radius 2 is 1.70 bits per heavy atom. The zero-order valence-electron chi connectivity index (χ0n) is 15.8. The molecule has 1 aromatic carbocycles. The lowest BCUT2D eigenvalue weighted by Gasteiger charge is -2.12. The lowest BCUT2D eigenvalue weighted by Crippen LogP contribution is -2.27. The van der Waals surface area contributed by atoms with Gasteiger partial charge in [0.25, 0.3) is 0 Å². The van der Waals surface area contributed by atoms with Gasteiger partial charge in [-0.05, 0) is 44.4 Å². The highest BCUT2D eigenvalue weighted by Crippen LogP contribution is 2.20. The fraction of sp³-hybridized carbons (Fsp3) is 0.550. The molecule has 150 valence electrons. The Hall–Kier alpha value is -2.41. The number of benzene rings is 1. The molecule has 0 amide bonds. The van der Waals surface area contributed by atoms with E-state index in [2.05, 4.69) is 5.32 Å². The summed E-state index contributed by atoms with van der Waals surface area (Å²) in [6, 6.07) is 8.29. The molecular formula is C20H29NO6. The molecule has 0 saturated heterocycles. The van der Waals surface area contributed by atoms with Gasteiger partial charge in [-0.15, -0.1) is 0 Å². The Morgan fingerprint density at radius 3 is 2.30 bits per heavy atom. The predicted octanol–water partition coefficient (Wildman–Crippen LogP) is 3.13. The molecule has 27 heavy (non-hydrogen) atoms. The number of hydrogen-bond donors (Lipinski definition) is 3. The second-order valence-corrected chi connectivity index (χ2v) is 6.37. The van der Waals surface area contributed by atoms with Gasteiger partial charge >= 0.3 is 11.9 Å². The average Bonchev–Trinajstić information content (AvgIpc) is 3.18. The van der Waals surface area contributed by atoms with Crippen LogP contribution in [0.25, 0.3) is 0 Å². The van der Waals surface area contributed by atoms with E-state index in [1.54, 1.807) is 0 Å². The molecule has 0 radical (unpaired) electrons. The molecule has 1 saturated carbocycles. The van der Waals surface area contributed by atoms with Gasteiger partial charge in [-0.1, -0.05) is 31.9 Å². The van der Waals surface area contributed by atoms with Gasteiger partial charge < -0.3 is 20.3 Å². The molecule has 2 rings (SSSR count). The van der Waals surface area contributed by atoms with Gasteiger partial charge in [0.2, 0.25) is 0 Å². The van der Waals surface area contributed by atoms with E-state index in [0.717, 1.165) is 31.2 Å². The van der Waals surface area contributed by atoms with Crippen LogP contribution < -0.4 is 10.1 Å². The maximum absolute atomic E-state index is 11.8. The highest BCUT2D eigenvalue weighted by atomic mass is 16.5. The van der Waals surface area contributed by atoms with Crippen molar-refractivity contribution in [2.75, 3.05) is 13.2 Å². The Labute approximate surface area is 159 Å². The summed E-state index contributed by atoms with van der Waals surface area (Å²) < 4.78 is 5.78. The number of carbonyl (C=O) groups excluding carboxylic acids is 1. The Kier molecular flexibility index (Phi) is 10.8. The molecule has 0 bridgehead atoms. The van der Waals surface area contributed by atoms with Crippen LogP contribution in [0.3, 0.4) is 0 Å². The van der Waals surface area contributed by atoms with E-state index in [0.29, 0.717) is 18.6 Å². The third-order valence-corrected chi connectivity index (χ3v) is 4.31. The predicted molar refractivity (Wildman–Crippen MR) is 101 cm³/mol. The first-order valence-corrected chi connectivity index (χ1v) is 9.40. The Morgan fingerprint density at radius 1 is 1.07 bits per heavy atom. The average molecular weight is 379 g/mol. The van der Waals surface area contributed by atoms with Crippen LogP contribution in [0, 0.1) is 0 Å². The van der Waals surface area contributed by atoms with Gasteiger partial charge in [0, 0.05) is 12.5 Å². The lowest BCUT2D eigenvalue weighted by molar-refractivity contribution is -0.159. The number of aliphatic carboxylic acids is 2. The number of carboxylic acids is 2. The number of hydrogen-bond acceptors (Lipinski definition) is 5. The summed E-state index contributed by atoms with van der Waals surface area (Å²) in [6.07, 6.45) is 8.10. The summed E-state index contributed by atoms with van der Waals surface area (Å²) in [5, 5.41) is 18.4. The molecule has 1 aromatic rings. The number of carbonyl (C=O) groups is 3. The van der Waals surface area contributed by atoms with E-state index in [9.17, 15) is 4.79 Å². The Balaban J connectivity index is 0.000000527. The van der Waals surface area contributed by atoms with Crippen molar-refractivity contribution in [2.45, 2.75) is 57.9 Å². The van der Waals surface area contributed by atoms with Gasteiger partial charge in [-0.3, -0.25) is 4.79 Å². The van der Waals surface area contributed by atoms with Crippen molar-refractivity contribution >= 4 is 17.7 Å². The molecular weight excluding hydrogens is 350 g/mol. The number of rotatable bonds is 9. The summed E-state index contributed by atoms with van der Waals surface area (Å²) >= 11 is 0. The van der Waals surface area contributed by atoms with Gasteiger partial charge in [0.15, 0.2) is 5.78 Å². The highest BCUT2D eigenvalue weighted by molar-refractivity contribution is 6.27. The molecule has 0 aromatic heterocycles. The molecule has 1 aliphatic carbocycles. The zero-order chi connectivity index (χ0) is 20.1. The molecule has 1 fully saturated rings. The van der Waals surface area contributed by atoms with Crippen LogP contribution in [0.5, 0.6) is 5.75 Å². The minimum absolute atomic E-state index is 0.147. The van der Waals surface area contributed by atoms with Crippen LogP contribution in [-0.4, -0.2) is 47.1 Å². The molecule has 7 heteroatoms. The second-order valence-electron chi connectivity index (χ2n) is 6.37. The first kappa shape index (κ1) is 22.6. The maximum atomic E-state index is 11.8. The van der Waals surface area contributed by atoms with E-state index < -0.39 is 11.9 Å². The minimum atomic E-state index is -1.82. The molecule has 7 nitrogen and oxygen atoms in total. The van der Waals surface area contributed by atoms with Crippen molar-refractivity contribution < 1.29 is 29.3 Å². The van der Waals surface area contributed by atoms with E-state index in [1.807, 2.05) is 31.2 Å². The first-order chi connectivity index (χ1) is 13.0. The summed E-state index contributed by atoms with van der Waals surface area (Å²) in [5.74, 6) is -2.77. The number of ether oxygens (including phenoxy) is 1. The summed E-state index contributed by atoms with van der Waals surface area (Å²) in [4.78, 5) is 30.0. The van der Waals surface area contributed by atoms with Crippen LogP contribution in [-0.2, 0) is 9.59 Å². The second kappa shape index (κ2) is 12.9. The minimum Gasteiger partial charge on any atom is -0.493 e. The standard InChI is InChI=1S/C18H27NO2.C2H2O4/c1-2-17(20)16-11-5-6-12-18(16)21-14-8-7-13-19-15-9-3-4-10-15;3-1(4)2(5)6/h5-6,11-12,15,19H,2-4,7-10,13-14H2,1H3;(H,3,4)(H,5,6).